The molecule has 0 amide bonds. The van der Waals surface area contributed by atoms with E-state index in [9.17, 15) is 0 Å². The first-order chi connectivity index (χ1) is 15.0. The number of aryl methyl sites for hydroxylation is 2. The number of fused-ring (bicyclic) bond motifs is 4. The monoisotopic (exact) mass is 427 g/mol. The molecule has 0 radical (unpaired) electrons. The molecule has 0 N–H and O–H groups in total. The molecule has 0 bridgehead atoms. The molecule has 0 spiro atoms. The minimum absolute atomic E-state index is 0.0707. The zero-order chi connectivity index (χ0) is 22.8. The Kier molecular flexibility index (Phi) is 4.53. The largest absolute Gasteiger partial charge is 0.300 e. The van der Waals surface area contributed by atoms with Gasteiger partial charge in [0.2, 0.25) is 0 Å². The second-order valence-electron chi connectivity index (χ2n) is 10.3. The quantitative estimate of drug-likeness (QED) is 0.314. The lowest BCUT2D eigenvalue weighted by molar-refractivity contribution is 0.0486. The fraction of sp³-hybridized carbons (Fsp3) is 0.276. The summed E-state index contributed by atoms with van der Waals surface area (Å²) in [6.45, 7) is 10.5. The van der Waals surface area contributed by atoms with Gasteiger partial charge in [0.15, 0.2) is 0 Å². The molecule has 3 heteroatoms. The van der Waals surface area contributed by atoms with Crippen molar-refractivity contribution in [3.63, 3.8) is 0 Å². The fourth-order valence-corrected chi connectivity index (χ4v) is 4.92. The zero-order valence-corrected chi connectivity index (χ0v) is 19.2. The van der Waals surface area contributed by atoms with E-state index in [1.54, 1.807) is 12.1 Å². The van der Waals surface area contributed by atoms with Gasteiger partial charge in [-0.2, -0.15) is 8.78 Å². The highest BCUT2D eigenvalue weighted by molar-refractivity contribution is 5.90. The van der Waals surface area contributed by atoms with Crippen LogP contribution in [0.5, 0.6) is 0 Å². The van der Waals surface area contributed by atoms with Gasteiger partial charge in [-0.15, -0.1) is 0 Å². The molecule has 0 saturated heterocycles. The number of hydrogen-bond acceptors (Lipinski definition) is 1. The summed E-state index contributed by atoms with van der Waals surface area (Å²) in [4.78, 5) is 4.87. The summed E-state index contributed by atoms with van der Waals surface area (Å²) in [5, 5.41) is 1.08. The van der Waals surface area contributed by atoms with Crippen molar-refractivity contribution >= 4 is 10.9 Å². The van der Waals surface area contributed by atoms with Crippen molar-refractivity contribution in [2.24, 2.45) is 5.41 Å². The third-order valence-corrected chi connectivity index (χ3v) is 6.22. The van der Waals surface area contributed by atoms with Crippen LogP contribution >= 0.6 is 0 Å². The van der Waals surface area contributed by atoms with Gasteiger partial charge in [-0.1, -0.05) is 68.8 Å². The Morgan fingerprint density at radius 3 is 2.28 bits per heavy atom. The predicted molar refractivity (Wildman–Crippen MR) is 128 cm³/mol. The maximum Gasteiger partial charge on any atom is 0.300 e. The Labute approximate surface area is 188 Å². The van der Waals surface area contributed by atoms with Crippen molar-refractivity contribution < 1.29 is 8.78 Å². The van der Waals surface area contributed by atoms with Crippen molar-refractivity contribution in [3.05, 3.63) is 88.5 Å². The summed E-state index contributed by atoms with van der Waals surface area (Å²) in [5.41, 5.74) is 6.66. The molecule has 0 saturated carbocycles. The topological polar surface area (TPSA) is 12.9 Å². The van der Waals surface area contributed by atoms with E-state index >= 15 is 8.78 Å². The molecule has 0 fully saturated rings. The van der Waals surface area contributed by atoms with Crippen LogP contribution in [-0.2, 0) is 12.3 Å². The minimum Gasteiger partial charge on any atom is -0.248 e. The molecule has 32 heavy (non-hydrogen) atoms. The van der Waals surface area contributed by atoms with Crippen molar-refractivity contribution in [2.75, 3.05) is 0 Å². The summed E-state index contributed by atoms with van der Waals surface area (Å²) >= 11 is 0. The molecule has 1 aliphatic rings. The first kappa shape index (κ1) is 20.8. The normalized spacial score (nSPS) is 14.5. The lowest BCUT2D eigenvalue weighted by Gasteiger charge is -2.20. The lowest BCUT2D eigenvalue weighted by atomic mass is 9.86. The van der Waals surface area contributed by atoms with Crippen LogP contribution in [0, 0.1) is 19.3 Å². The van der Waals surface area contributed by atoms with Crippen LogP contribution in [0.2, 0.25) is 0 Å². The smallest absolute Gasteiger partial charge is 0.248 e. The predicted octanol–water partition coefficient (Wildman–Crippen LogP) is 8.23. The molecule has 162 valence electrons. The highest BCUT2D eigenvalue weighted by Gasteiger charge is 2.46. The maximum atomic E-state index is 15.7. The number of nitrogens with zero attached hydrogens (tertiary/aromatic N) is 1. The number of benzene rings is 3. The van der Waals surface area contributed by atoms with Crippen LogP contribution in [0.25, 0.3) is 33.3 Å². The van der Waals surface area contributed by atoms with E-state index in [-0.39, 0.29) is 16.5 Å². The average molecular weight is 428 g/mol. The van der Waals surface area contributed by atoms with Gasteiger partial charge < -0.3 is 0 Å². The molecule has 1 aliphatic carbocycles. The van der Waals surface area contributed by atoms with Crippen molar-refractivity contribution in [1.82, 2.24) is 4.98 Å². The molecule has 3 aromatic carbocycles. The summed E-state index contributed by atoms with van der Waals surface area (Å²) < 4.78 is 31.4. The maximum absolute atomic E-state index is 15.7. The van der Waals surface area contributed by atoms with Gasteiger partial charge >= 0.3 is 0 Å². The van der Waals surface area contributed by atoms with E-state index in [0.29, 0.717) is 22.4 Å². The molecule has 0 atom stereocenters. The third kappa shape index (κ3) is 3.31. The highest BCUT2D eigenvalue weighted by atomic mass is 19.3. The van der Waals surface area contributed by atoms with Crippen molar-refractivity contribution in [1.29, 1.82) is 0 Å². The fourth-order valence-electron chi connectivity index (χ4n) is 4.92. The zero-order valence-electron chi connectivity index (χ0n) is 19.2. The standard InChI is InChI=1S/C29H27F2N/c1-17-9-11-24-21(13-17)22-14-18(2)15-23(27(22)29(24,30)31)26-12-10-20-19(16-28(3,4)5)7-6-8-25(20)32-26/h6-15H,16H2,1-5H3. The SMILES string of the molecule is Cc1ccc2c(c1)-c1cc(C)cc(-c3ccc4c(CC(C)(C)C)cccc4n3)c1C2(F)F. The number of aromatic nitrogens is 1. The second kappa shape index (κ2) is 6.96. The third-order valence-electron chi connectivity index (χ3n) is 6.22. The summed E-state index contributed by atoms with van der Waals surface area (Å²) in [6, 6.07) is 19.0. The van der Waals surface area contributed by atoms with Gasteiger partial charge in [0.1, 0.15) is 0 Å². The average Bonchev–Trinajstić information content (AvgIpc) is 2.92. The van der Waals surface area contributed by atoms with Gasteiger partial charge in [-0.25, -0.2) is 4.98 Å². The van der Waals surface area contributed by atoms with Gasteiger partial charge in [-0.05, 0) is 66.1 Å². The molecule has 4 aromatic rings. The van der Waals surface area contributed by atoms with Gasteiger partial charge in [0, 0.05) is 22.1 Å². The molecule has 5 rings (SSSR count). The molecule has 1 aromatic heterocycles. The van der Waals surface area contributed by atoms with Crippen LogP contribution in [0.3, 0.4) is 0 Å². The number of halogens is 2. The summed E-state index contributed by atoms with van der Waals surface area (Å²) in [6.07, 6.45) is 0.929. The first-order valence-corrected chi connectivity index (χ1v) is 11.1. The molecular formula is C29H27F2N. The van der Waals surface area contributed by atoms with E-state index in [1.807, 2.05) is 56.3 Å². The Morgan fingerprint density at radius 1 is 0.812 bits per heavy atom. The van der Waals surface area contributed by atoms with E-state index in [2.05, 4.69) is 26.8 Å². The lowest BCUT2D eigenvalue weighted by Crippen LogP contribution is -2.13. The van der Waals surface area contributed by atoms with E-state index in [0.717, 1.165) is 28.5 Å². The van der Waals surface area contributed by atoms with Crippen molar-refractivity contribution in [3.8, 4) is 22.4 Å². The number of rotatable bonds is 2. The molecule has 0 aliphatic heterocycles. The van der Waals surface area contributed by atoms with Gasteiger partial charge in [0.05, 0.1) is 11.2 Å². The van der Waals surface area contributed by atoms with Gasteiger partial charge in [0.25, 0.3) is 5.92 Å². The minimum atomic E-state index is -3.05. The van der Waals surface area contributed by atoms with E-state index in [4.69, 9.17) is 4.98 Å². The van der Waals surface area contributed by atoms with Crippen LogP contribution in [0.4, 0.5) is 8.78 Å². The Balaban J connectivity index is 1.72. The van der Waals surface area contributed by atoms with Crippen molar-refractivity contribution in [2.45, 2.75) is 47.0 Å². The highest BCUT2D eigenvalue weighted by Crippen LogP contribution is 2.54. The number of hydrogen-bond donors (Lipinski definition) is 0. The molecule has 1 heterocycles. The second-order valence-corrected chi connectivity index (χ2v) is 10.3. The summed E-state index contributed by atoms with van der Waals surface area (Å²) in [7, 11) is 0. The van der Waals surface area contributed by atoms with Crippen LogP contribution in [0.1, 0.15) is 48.6 Å². The van der Waals surface area contributed by atoms with Crippen LogP contribution < -0.4 is 0 Å². The number of alkyl halides is 2. The van der Waals surface area contributed by atoms with Gasteiger partial charge in [-0.3, -0.25) is 0 Å². The molecule has 1 nitrogen and oxygen atoms in total. The Hall–Kier alpha value is -3.07. The molecule has 0 unspecified atom stereocenters. The van der Waals surface area contributed by atoms with Crippen LogP contribution in [0.15, 0.2) is 60.7 Å². The summed E-state index contributed by atoms with van der Waals surface area (Å²) in [5.74, 6) is -3.05. The van der Waals surface area contributed by atoms with E-state index < -0.39 is 5.92 Å². The Bertz CT molecular complexity index is 1380. The van der Waals surface area contributed by atoms with Crippen LogP contribution in [-0.4, -0.2) is 4.98 Å². The number of pyridine rings is 1. The van der Waals surface area contributed by atoms with E-state index in [1.165, 1.54) is 5.56 Å². The first-order valence-electron chi connectivity index (χ1n) is 11.1. The molecular weight excluding hydrogens is 400 g/mol. The Morgan fingerprint density at radius 2 is 1.53 bits per heavy atom.